The first-order valence-electron chi connectivity index (χ1n) is 16.3. The van der Waals surface area contributed by atoms with Crippen LogP contribution in [0.3, 0.4) is 0 Å². The molecule has 0 aliphatic carbocycles. The fourth-order valence-corrected chi connectivity index (χ4v) is 5.59. The molecule has 5 aromatic carbocycles. The highest BCUT2D eigenvalue weighted by Gasteiger charge is 2.20. The van der Waals surface area contributed by atoms with Gasteiger partial charge in [0.1, 0.15) is 12.3 Å². The number of hydrogen-bond acceptors (Lipinski definition) is 7. The van der Waals surface area contributed by atoms with Crippen LogP contribution in [-0.4, -0.2) is 51.6 Å². The third-order valence-corrected chi connectivity index (χ3v) is 8.45. The molecule has 256 valence electrons. The van der Waals surface area contributed by atoms with Crippen molar-refractivity contribution in [2.24, 2.45) is 0 Å². The van der Waals surface area contributed by atoms with E-state index in [1.807, 2.05) is 49.4 Å². The van der Waals surface area contributed by atoms with Gasteiger partial charge in [-0.25, -0.2) is 0 Å². The maximum atomic E-state index is 13.4. The lowest BCUT2D eigenvalue weighted by Crippen LogP contribution is -2.35. The minimum Gasteiger partial charge on any atom is -0.497 e. The average molecular weight is 681 g/mol. The molecule has 0 fully saturated rings. The van der Waals surface area contributed by atoms with Gasteiger partial charge in [0.05, 0.1) is 13.5 Å². The van der Waals surface area contributed by atoms with E-state index in [1.165, 1.54) is 10.5 Å². The van der Waals surface area contributed by atoms with Crippen molar-refractivity contribution in [3.63, 3.8) is 0 Å². The van der Waals surface area contributed by atoms with Crippen LogP contribution in [-0.2, 0) is 22.6 Å². The molecule has 0 bridgehead atoms. The molecule has 0 aliphatic rings. The Morgan fingerprint density at radius 3 is 1.88 bits per heavy atom. The largest absolute Gasteiger partial charge is 0.497 e. The van der Waals surface area contributed by atoms with Crippen molar-refractivity contribution in [1.82, 2.24) is 15.1 Å². The molecule has 6 rings (SSSR count). The van der Waals surface area contributed by atoms with Gasteiger partial charge < -0.3 is 24.5 Å². The van der Waals surface area contributed by atoms with Crippen LogP contribution in [0.25, 0.3) is 34.0 Å². The first kappa shape index (κ1) is 34.3. The number of methoxy groups -OCH3 is 1. The van der Waals surface area contributed by atoms with Gasteiger partial charge in [-0.15, -0.1) is 10.2 Å². The number of amides is 2. The minimum absolute atomic E-state index is 0.0630. The molecule has 10 nitrogen and oxygen atoms in total. The highest BCUT2D eigenvalue weighted by Crippen LogP contribution is 2.28. The van der Waals surface area contributed by atoms with Crippen LogP contribution in [0.2, 0.25) is 0 Å². The highest BCUT2D eigenvalue weighted by atomic mass is 16.5. The number of nitrogens with zero attached hydrogens (tertiary/aromatic N) is 3. The van der Waals surface area contributed by atoms with E-state index >= 15 is 0 Å². The zero-order valence-corrected chi connectivity index (χ0v) is 28.4. The van der Waals surface area contributed by atoms with Gasteiger partial charge in [0.25, 0.3) is 5.91 Å². The topological polar surface area (TPSA) is 135 Å². The molecule has 0 radical (unpaired) electrons. The second kappa shape index (κ2) is 15.3. The molecular weight excluding hydrogens is 644 g/mol. The number of carbonyl (C=O) groups is 3. The number of carbonyl (C=O) groups excluding carboxylic acids is 2. The fourth-order valence-electron chi connectivity index (χ4n) is 5.59. The Morgan fingerprint density at radius 1 is 0.745 bits per heavy atom. The number of nitrogens with one attached hydrogen (secondary N) is 1. The molecule has 0 aliphatic heterocycles. The van der Waals surface area contributed by atoms with Crippen LogP contribution >= 0.6 is 0 Å². The van der Waals surface area contributed by atoms with E-state index in [0.29, 0.717) is 28.6 Å². The number of benzene rings is 5. The molecule has 0 unspecified atom stereocenters. The van der Waals surface area contributed by atoms with Gasteiger partial charge in [-0.3, -0.25) is 14.4 Å². The van der Waals surface area contributed by atoms with Gasteiger partial charge in [0.15, 0.2) is 0 Å². The number of rotatable bonds is 12. The van der Waals surface area contributed by atoms with Crippen LogP contribution in [0.5, 0.6) is 5.75 Å². The van der Waals surface area contributed by atoms with E-state index in [4.69, 9.17) is 9.15 Å². The standard InChI is InChI=1S/C41H36N4O6/c1-26-4-8-29(9-5-26)30-12-14-32(15-13-30)40-44-43-39(51-40)31-10-6-28(7-11-31)24-45(25-38(47)48)41(49)33-16-19-35(20-17-33)42-37(46)23-34-18-21-36(50-3)22-27(34)2/h4-22H,23-25H2,1-3H3,(H,42,46)(H,47,48). The van der Waals surface area contributed by atoms with E-state index in [9.17, 15) is 19.5 Å². The summed E-state index contributed by atoms with van der Waals surface area (Å²) in [6, 6.07) is 35.3. The van der Waals surface area contributed by atoms with Crippen molar-refractivity contribution in [2.75, 3.05) is 19.0 Å². The summed E-state index contributed by atoms with van der Waals surface area (Å²) in [7, 11) is 1.59. The minimum atomic E-state index is -1.14. The predicted molar refractivity (Wildman–Crippen MR) is 194 cm³/mol. The molecule has 0 saturated heterocycles. The molecule has 0 spiro atoms. The molecular formula is C41H36N4O6. The number of ether oxygens (including phenoxy) is 1. The first-order valence-corrected chi connectivity index (χ1v) is 16.3. The van der Waals surface area contributed by atoms with Gasteiger partial charge in [0, 0.05) is 28.9 Å². The smallest absolute Gasteiger partial charge is 0.323 e. The summed E-state index contributed by atoms with van der Waals surface area (Å²) in [5.74, 6) is -0.348. The summed E-state index contributed by atoms with van der Waals surface area (Å²) in [6.07, 6.45) is 0.179. The second-order valence-corrected chi connectivity index (χ2v) is 12.2. The van der Waals surface area contributed by atoms with Crippen molar-refractivity contribution in [1.29, 1.82) is 0 Å². The number of anilines is 1. The summed E-state index contributed by atoms with van der Waals surface area (Å²) < 4.78 is 11.2. The zero-order valence-electron chi connectivity index (χ0n) is 28.4. The Balaban J connectivity index is 1.08. The van der Waals surface area contributed by atoms with Crippen molar-refractivity contribution in [3.8, 4) is 39.8 Å². The number of carboxylic acids is 1. The Bertz CT molecular complexity index is 2160. The number of aliphatic carboxylic acids is 1. The number of hydrogen-bond donors (Lipinski definition) is 2. The Morgan fingerprint density at radius 2 is 1.31 bits per heavy atom. The molecule has 1 aromatic heterocycles. The van der Waals surface area contributed by atoms with Crippen LogP contribution in [0.15, 0.2) is 120 Å². The Hall–Kier alpha value is -6.55. The molecule has 10 heteroatoms. The van der Waals surface area contributed by atoms with Gasteiger partial charge in [0.2, 0.25) is 17.7 Å². The van der Waals surface area contributed by atoms with E-state index in [0.717, 1.165) is 39.1 Å². The van der Waals surface area contributed by atoms with E-state index in [2.05, 4.69) is 46.7 Å². The molecule has 1 heterocycles. The van der Waals surface area contributed by atoms with Gasteiger partial charge in [-0.2, -0.15) is 0 Å². The number of carboxylic acid groups (broad SMARTS) is 1. The third kappa shape index (κ3) is 8.55. The average Bonchev–Trinajstić information content (AvgIpc) is 3.63. The first-order chi connectivity index (χ1) is 24.6. The van der Waals surface area contributed by atoms with Crippen molar-refractivity contribution in [2.45, 2.75) is 26.8 Å². The van der Waals surface area contributed by atoms with Gasteiger partial charge in [-0.1, -0.05) is 60.2 Å². The SMILES string of the molecule is COc1ccc(CC(=O)Nc2ccc(C(=O)N(CC(=O)O)Cc3ccc(-c4nnc(-c5ccc(-c6ccc(C)cc6)cc5)o4)cc3)cc2)c(C)c1. The van der Waals surface area contributed by atoms with Crippen molar-refractivity contribution in [3.05, 3.63) is 143 Å². The van der Waals surface area contributed by atoms with Crippen LogP contribution in [0.1, 0.15) is 32.6 Å². The zero-order chi connectivity index (χ0) is 35.9. The molecule has 51 heavy (non-hydrogen) atoms. The Kier molecular flexibility index (Phi) is 10.3. The maximum Gasteiger partial charge on any atom is 0.323 e. The van der Waals surface area contributed by atoms with E-state index < -0.39 is 18.4 Å². The number of aryl methyl sites for hydroxylation is 2. The summed E-state index contributed by atoms with van der Waals surface area (Å²) in [5, 5.41) is 20.9. The van der Waals surface area contributed by atoms with Crippen LogP contribution in [0.4, 0.5) is 5.69 Å². The Labute approximate surface area is 295 Å². The predicted octanol–water partition coefficient (Wildman–Crippen LogP) is 7.60. The molecule has 2 amide bonds. The van der Waals surface area contributed by atoms with Gasteiger partial charge in [-0.05, 0) is 102 Å². The lowest BCUT2D eigenvalue weighted by molar-refractivity contribution is -0.137. The van der Waals surface area contributed by atoms with Crippen LogP contribution < -0.4 is 10.1 Å². The quantitative estimate of drug-likeness (QED) is 0.135. The third-order valence-electron chi connectivity index (χ3n) is 8.45. The number of aromatic nitrogens is 2. The summed E-state index contributed by atoms with van der Waals surface area (Å²) in [5.41, 5.74) is 8.24. The maximum absolute atomic E-state index is 13.4. The van der Waals surface area contributed by atoms with Crippen molar-refractivity contribution < 1.29 is 28.6 Å². The van der Waals surface area contributed by atoms with Gasteiger partial charge >= 0.3 is 5.97 Å². The lowest BCUT2D eigenvalue weighted by Gasteiger charge is -2.21. The fraction of sp³-hybridized carbons (Fsp3) is 0.146. The van der Waals surface area contributed by atoms with E-state index in [1.54, 1.807) is 55.6 Å². The monoisotopic (exact) mass is 680 g/mol. The van der Waals surface area contributed by atoms with Crippen LogP contribution in [0, 0.1) is 13.8 Å². The lowest BCUT2D eigenvalue weighted by atomic mass is 10.0. The van der Waals surface area contributed by atoms with E-state index in [-0.39, 0.29) is 18.9 Å². The molecule has 0 atom stereocenters. The molecule has 2 N–H and O–H groups in total. The second-order valence-electron chi connectivity index (χ2n) is 12.2. The summed E-state index contributed by atoms with van der Waals surface area (Å²) in [6.45, 7) is 3.55. The van der Waals surface area contributed by atoms with Crippen molar-refractivity contribution >= 4 is 23.5 Å². The highest BCUT2D eigenvalue weighted by molar-refractivity contribution is 5.97. The summed E-state index contributed by atoms with van der Waals surface area (Å²) >= 11 is 0. The summed E-state index contributed by atoms with van der Waals surface area (Å²) in [4.78, 5) is 39.1. The molecule has 6 aromatic rings. The normalized spacial score (nSPS) is 10.8. The molecule has 0 saturated carbocycles.